The molecule has 0 aliphatic heterocycles. The molecule has 1 aromatic heterocycles. The summed E-state index contributed by atoms with van der Waals surface area (Å²) in [4.78, 5) is 1.42. The Morgan fingerprint density at radius 3 is 2.65 bits per heavy atom. The fourth-order valence-corrected chi connectivity index (χ4v) is 3.38. The van der Waals surface area contributed by atoms with Crippen LogP contribution in [0.3, 0.4) is 0 Å². The van der Waals surface area contributed by atoms with E-state index in [4.69, 9.17) is 0 Å². The SMILES string of the molecule is O[C@H](CSCCc1cccs1)c1ccccc1. The van der Waals surface area contributed by atoms with Crippen molar-refractivity contribution in [2.24, 2.45) is 0 Å². The summed E-state index contributed by atoms with van der Waals surface area (Å²) in [6, 6.07) is 14.1. The topological polar surface area (TPSA) is 20.2 Å². The molecular formula is C14H16OS2. The highest BCUT2D eigenvalue weighted by atomic mass is 32.2. The van der Waals surface area contributed by atoms with Crippen LogP contribution in [0, 0.1) is 0 Å². The number of rotatable bonds is 6. The van der Waals surface area contributed by atoms with Crippen LogP contribution >= 0.6 is 23.1 Å². The molecule has 0 saturated heterocycles. The molecule has 17 heavy (non-hydrogen) atoms. The number of aliphatic hydroxyl groups excluding tert-OH is 1. The zero-order valence-electron chi connectivity index (χ0n) is 9.58. The van der Waals surface area contributed by atoms with Gasteiger partial charge in [-0.1, -0.05) is 36.4 Å². The van der Waals surface area contributed by atoms with Crippen molar-refractivity contribution < 1.29 is 5.11 Å². The Morgan fingerprint density at radius 1 is 1.12 bits per heavy atom. The van der Waals surface area contributed by atoms with E-state index in [0.717, 1.165) is 23.5 Å². The van der Waals surface area contributed by atoms with Gasteiger partial charge in [-0.3, -0.25) is 0 Å². The summed E-state index contributed by atoms with van der Waals surface area (Å²) in [6.45, 7) is 0. The Balaban J connectivity index is 1.68. The molecule has 0 unspecified atom stereocenters. The summed E-state index contributed by atoms with van der Waals surface area (Å²) >= 11 is 3.61. The first kappa shape index (κ1) is 12.7. The van der Waals surface area contributed by atoms with Gasteiger partial charge in [-0.05, 0) is 29.2 Å². The number of aliphatic hydroxyl groups is 1. The van der Waals surface area contributed by atoms with Gasteiger partial charge in [0.05, 0.1) is 6.10 Å². The van der Waals surface area contributed by atoms with Gasteiger partial charge in [0.2, 0.25) is 0 Å². The lowest BCUT2D eigenvalue weighted by molar-refractivity contribution is 0.204. The van der Waals surface area contributed by atoms with E-state index in [-0.39, 0.29) is 6.10 Å². The zero-order valence-corrected chi connectivity index (χ0v) is 11.2. The van der Waals surface area contributed by atoms with E-state index in [0.29, 0.717) is 0 Å². The molecule has 0 bridgehead atoms. The normalized spacial score (nSPS) is 12.5. The van der Waals surface area contributed by atoms with E-state index in [2.05, 4.69) is 17.5 Å². The Morgan fingerprint density at radius 2 is 1.94 bits per heavy atom. The van der Waals surface area contributed by atoms with Crippen LogP contribution in [0.5, 0.6) is 0 Å². The van der Waals surface area contributed by atoms with E-state index in [1.54, 1.807) is 11.3 Å². The highest BCUT2D eigenvalue weighted by Gasteiger charge is 2.06. The molecule has 0 aliphatic carbocycles. The quantitative estimate of drug-likeness (QED) is 0.802. The third-order valence-corrected chi connectivity index (χ3v) is 4.51. The van der Waals surface area contributed by atoms with Crippen molar-refractivity contribution in [2.75, 3.05) is 11.5 Å². The van der Waals surface area contributed by atoms with Crippen molar-refractivity contribution >= 4 is 23.1 Å². The predicted octanol–water partition coefficient (Wildman–Crippen LogP) is 3.76. The zero-order chi connectivity index (χ0) is 11.9. The first-order valence-corrected chi connectivity index (χ1v) is 7.73. The van der Waals surface area contributed by atoms with Crippen LogP contribution in [0.15, 0.2) is 47.8 Å². The van der Waals surface area contributed by atoms with Crippen molar-refractivity contribution in [2.45, 2.75) is 12.5 Å². The van der Waals surface area contributed by atoms with E-state index in [9.17, 15) is 5.11 Å². The van der Waals surface area contributed by atoms with Crippen molar-refractivity contribution in [3.05, 3.63) is 58.3 Å². The van der Waals surface area contributed by atoms with Crippen molar-refractivity contribution in [1.29, 1.82) is 0 Å². The molecule has 0 fully saturated rings. The average Bonchev–Trinajstić information content (AvgIpc) is 2.88. The Bertz CT molecular complexity index is 411. The van der Waals surface area contributed by atoms with Gasteiger partial charge >= 0.3 is 0 Å². The van der Waals surface area contributed by atoms with E-state index < -0.39 is 0 Å². The first-order valence-electron chi connectivity index (χ1n) is 5.69. The van der Waals surface area contributed by atoms with Crippen LogP contribution in [0.1, 0.15) is 16.5 Å². The molecule has 0 spiro atoms. The molecule has 90 valence electrons. The van der Waals surface area contributed by atoms with Crippen molar-refractivity contribution in [1.82, 2.24) is 0 Å². The summed E-state index contributed by atoms with van der Waals surface area (Å²) in [6.07, 6.45) is 0.758. The maximum Gasteiger partial charge on any atom is 0.0880 e. The molecule has 3 heteroatoms. The molecule has 1 heterocycles. The van der Waals surface area contributed by atoms with Gasteiger partial charge in [0.25, 0.3) is 0 Å². The third kappa shape index (κ3) is 4.19. The van der Waals surface area contributed by atoms with Crippen LogP contribution in [0.4, 0.5) is 0 Å². The van der Waals surface area contributed by atoms with Crippen LogP contribution in [-0.2, 0) is 6.42 Å². The standard InChI is InChI=1S/C14H16OS2/c15-14(12-5-2-1-3-6-12)11-16-10-8-13-7-4-9-17-13/h1-7,9,14-15H,8,10-11H2/t14-/m1/s1. The summed E-state index contributed by atoms with van der Waals surface area (Å²) < 4.78 is 0. The van der Waals surface area contributed by atoms with E-state index in [1.807, 2.05) is 42.1 Å². The summed E-state index contributed by atoms with van der Waals surface area (Å²) in [5.74, 6) is 1.85. The van der Waals surface area contributed by atoms with Crippen molar-refractivity contribution in [3.63, 3.8) is 0 Å². The number of thioether (sulfide) groups is 1. The maximum atomic E-state index is 9.96. The maximum absolute atomic E-state index is 9.96. The van der Waals surface area contributed by atoms with E-state index >= 15 is 0 Å². The lowest BCUT2D eigenvalue weighted by Gasteiger charge is -2.09. The number of thiophene rings is 1. The van der Waals surface area contributed by atoms with Crippen LogP contribution in [0.2, 0.25) is 0 Å². The minimum atomic E-state index is -0.343. The minimum absolute atomic E-state index is 0.343. The molecule has 1 N–H and O–H groups in total. The number of hydrogen-bond acceptors (Lipinski definition) is 3. The molecule has 2 rings (SSSR count). The lowest BCUT2D eigenvalue weighted by atomic mass is 10.1. The van der Waals surface area contributed by atoms with Gasteiger partial charge in [-0.15, -0.1) is 11.3 Å². The summed E-state index contributed by atoms with van der Waals surface area (Å²) in [5.41, 5.74) is 1.01. The summed E-state index contributed by atoms with van der Waals surface area (Å²) in [7, 11) is 0. The minimum Gasteiger partial charge on any atom is -0.388 e. The monoisotopic (exact) mass is 264 g/mol. The van der Waals surface area contributed by atoms with E-state index in [1.165, 1.54) is 4.88 Å². The van der Waals surface area contributed by atoms with Crippen LogP contribution in [-0.4, -0.2) is 16.6 Å². The number of aryl methyl sites for hydroxylation is 1. The Hall–Kier alpha value is -0.770. The molecule has 1 nitrogen and oxygen atoms in total. The van der Waals surface area contributed by atoms with Gasteiger partial charge in [0.15, 0.2) is 0 Å². The van der Waals surface area contributed by atoms with Gasteiger partial charge < -0.3 is 5.11 Å². The number of hydrogen-bond donors (Lipinski definition) is 1. The first-order chi connectivity index (χ1) is 8.36. The predicted molar refractivity (Wildman–Crippen MR) is 76.7 cm³/mol. The molecule has 1 aromatic carbocycles. The van der Waals surface area contributed by atoms with Gasteiger partial charge in [0, 0.05) is 10.6 Å². The molecular weight excluding hydrogens is 248 g/mol. The number of benzene rings is 1. The molecule has 1 atom stereocenters. The van der Waals surface area contributed by atoms with Crippen molar-refractivity contribution in [3.8, 4) is 0 Å². The highest BCUT2D eigenvalue weighted by Crippen LogP contribution is 2.19. The molecule has 0 aliphatic rings. The molecule has 2 aromatic rings. The fourth-order valence-electron chi connectivity index (χ4n) is 1.59. The van der Waals surface area contributed by atoms with Gasteiger partial charge in [-0.2, -0.15) is 11.8 Å². The van der Waals surface area contributed by atoms with Gasteiger partial charge in [0.1, 0.15) is 0 Å². The fraction of sp³-hybridized carbons (Fsp3) is 0.286. The second-order valence-electron chi connectivity index (χ2n) is 3.83. The average molecular weight is 264 g/mol. The lowest BCUT2D eigenvalue weighted by Crippen LogP contribution is -2.01. The third-order valence-electron chi connectivity index (χ3n) is 2.53. The molecule has 0 amide bonds. The van der Waals surface area contributed by atoms with Crippen LogP contribution < -0.4 is 0 Å². The Kier molecular flexibility index (Phi) is 5.10. The van der Waals surface area contributed by atoms with Gasteiger partial charge in [-0.25, -0.2) is 0 Å². The smallest absolute Gasteiger partial charge is 0.0880 e. The van der Waals surface area contributed by atoms with Crippen LogP contribution in [0.25, 0.3) is 0 Å². The second kappa shape index (κ2) is 6.84. The Labute approximate surface area is 111 Å². The summed E-state index contributed by atoms with van der Waals surface area (Å²) in [5, 5.41) is 12.1. The molecule has 0 radical (unpaired) electrons. The largest absolute Gasteiger partial charge is 0.388 e. The molecule has 0 saturated carbocycles. The second-order valence-corrected chi connectivity index (χ2v) is 6.01. The highest BCUT2D eigenvalue weighted by molar-refractivity contribution is 7.99.